The Kier molecular flexibility index (Phi) is 3.99. The fraction of sp³-hybridized carbons (Fsp3) is 0.350. The molecule has 2 atom stereocenters. The highest BCUT2D eigenvalue weighted by molar-refractivity contribution is 6.00. The fourth-order valence-corrected chi connectivity index (χ4v) is 3.55. The van der Waals surface area contributed by atoms with Crippen molar-refractivity contribution < 1.29 is 14.3 Å². The highest BCUT2D eigenvalue weighted by Crippen LogP contribution is 2.34. The van der Waals surface area contributed by atoms with Gasteiger partial charge in [-0.05, 0) is 44.0 Å². The normalized spacial score (nSPS) is 19.3. The number of carbonyl (C=O) groups is 1. The van der Waals surface area contributed by atoms with Gasteiger partial charge in [0.15, 0.2) is 11.5 Å². The molecule has 0 radical (unpaired) electrons. The van der Waals surface area contributed by atoms with Gasteiger partial charge in [-0.25, -0.2) is 0 Å². The SMILES string of the molecule is C[C@@H]1Cc2ccccc2N1C(=O)[C@@H](C)Nc1ccc2c(c1)OCCO2. The monoisotopic (exact) mass is 338 g/mol. The molecular formula is C20H22N2O3. The van der Waals surface area contributed by atoms with Gasteiger partial charge in [0.2, 0.25) is 5.91 Å². The first-order valence-electron chi connectivity index (χ1n) is 8.70. The number of benzene rings is 2. The van der Waals surface area contributed by atoms with Crippen molar-refractivity contribution in [2.75, 3.05) is 23.4 Å². The van der Waals surface area contributed by atoms with Crippen LogP contribution in [0.5, 0.6) is 11.5 Å². The van der Waals surface area contributed by atoms with Crippen LogP contribution in [-0.2, 0) is 11.2 Å². The summed E-state index contributed by atoms with van der Waals surface area (Å²) in [6.07, 6.45) is 0.901. The van der Waals surface area contributed by atoms with Crippen molar-refractivity contribution in [1.29, 1.82) is 0 Å². The molecule has 25 heavy (non-hydrogen) atoms. The molecule has 2 aromatic rings. The molecular weight excluding hydrogens is 316 g/mol. The Morgan fingerprint density at radius 3 is 2.76 bits per heavy atom. The maximum Gasteiger partial charge on any atom is 0.249 e. The number of hydrogen-bond acceptors (Lipinski definition) is 4. The molecule has 2 aromatic carbocycles. The molecule has 130 valence electrons. The van der Waals surface area contributed by atoms with E-state index in [1.807, 2.05) is 48.2 Å². The zero-order chi connectivity index (χ0) is 17.4. The van der Waals surface area contributed by atoms with E-state index in [0.717, 1.165) is 29.3 Å². The third-order valence-corrected chi connectivity index (χ3v) is 4.74. The van der Waals surface area contributed by atoms with Gasteiger partial charge in [-0.15, -0.1) is 0 Å². The third-order valence-electron chi connectivity index (χ3n) is 4.74. The van der Waals surface area contributed by atoms with E-state index in [0.29, 0.717) is 13.2 Å². The van der Waals surface area contributed by atoms with Crippen LogP contribution in [0.3, 0.4) is 0 Å². The third kappa shape index (κ3) is 2.90. The van der Waals surface area contributed by atoms with E-state index in [4.69, 9.17) is 9.47 Å². The summed E-state index contributed by atoms with van der Waals surface area (Å²) in [6, 6.07) is 13.6. The van der Waals surface area contributed by atoms with Crippen molar-refractivity contribution in [2.45, 2.75) is 32.4 Å². The van der Waals surface area contributed by atoms with Crippen molar-refractivity contribution in [3.8, 4) is 11.5 Å². The summed E-state index contributed by atoms with van der Waals surface area (Å²) in [5.74, 6) is 1.54. The van der Waals surface area contributed by atoms with Gasteiger partial charge in [-0.1, -0.05) is 18.2 Å². The van der Waals surface area contributed by atoms with Gasteiger partial charge in [0.1, 0.15) is 19.3 Å². The summed E-state index contributed by atoms with van der Waals surface area (Å²) < 4.78 is 11.1. The van der Waals surface area contributed by atoms with Gasteiger partial charge >= 0.3 is 0 Å². The molecule has 2 heterocycles. The molecule has 1 N–H and O–H groups in total. The largest absolute Gasteiger partial charge is 0.486 e. The lowest BCUT2D eigenvalue weighted by atomic mass is 10.1. The molecule has 4 rings (SSSR count). The van der Waals surface area contributed by atoms with Crippen LogP contribution < -0.4 is 19.7 Å². The topological polar surface area (TPSA) is 50.8 Å². The van der Waals surface area contributed by atoms with E-state index in [1.165, 1.54) is 5.56 Å². The molecule has 0 saturated carbocycles. The summed E-state index contributed by atoms with van der Waals surface area (Å²) in [5.41, 5.74) is 3.11. The van der Waals surface area contributed by atoms with Crippen molar-refractivity contribution in [3.63, 3.8) is 0 Å². The molecule has 0 unspecified atom stereocenters. The highest BCUT2D eigenvalue weighted by Gasteiger charge is 2.33. The first-order valence-corrected chi connectivity index (χ1v) is 8.70. The Balaban J connectivity index is 1.51. The van der Waals surface area contributed by atoms with Crippen LogP contribution in [0.15, 0.2) is 42.5 Å². The molecule has 2 aliphatic rings. The Labute approximate surface area is 147 Å². The molecule has 0 bridgehead atoms. The molecule has 2 aliphatic heterocycles. The summed E-state index contributed by atoms with van der Waals surface area (Å²) >= 11 is 0. The number of rotatable bonds is 3. The quantitative estimate of drug-likeness (QED) is 0.933. The molecule has 0 aliphatic carbocycles. The number of ether oxygens (including phenoxy) is 2. The van der Waals surface area contributed by atoms with E-state index in [2.05, 4.69) is 18.3 Å². The van der Waals surface area contributed by atoms with Crippen molar-refractivity contribution in [3.05, 3.63) is 48.0 Å². The van der Waals surface area contributed by atoms with Gasteiger partial charge in [-0.3, -0.25) is 4.79 Å². The number of fused-ring (bicyclic) bond motifs is 2. The number of nitrogens with one attached hydrogen (secondary N) is 1. The molecule has 0 fully saturated rings. The Bertz CT molecular complexity index is 805. The van der Waals surface area contributed by atoms with Crippen molar-refractivity contribution >= 4 is 17.3 Å². The number of hydrogen-bond donors (Lipinski definition) is 1. The smallest absolute Gasteiger partial charge is 0.249 e. The van der Waals surface area contributed by atoms with E-state index in [-0.39, 0.29) is 18.0 Å². The predicted octanol–water partition coefficient (Wildman–Crippen LogP) is 3.24. The molecule has 0 aromatic heterocycles. The minimum atomic E-state index is -0.337. The van der Waals surface area contributed by atoms with Crippen LogP contribution in [-0.4, -0.2) is 31.2 Å². The van der Waals surface area contributed by atoms with E-state index in [9.17, 15) is 4.79 Å². The molecule has 0 saturated heterocycles. The number of nitrogens with zero attached hydrogens (tertiary/aromatic N) is 1. The van der Waals surface area contributed by atoms with Crippen LogP contribution >= 0.6 is 0 Å². The summed E-state index contributed by atoms with van der Waals surface area (Å²) in [5, 5.41) is 3.29. The lowest BCUT2D eigenvalue weighted by molar-refractivity contribution is -0.119. The van der Waals surface area contributed by atoms with Crippen LogP contribution in [0.25, 0.3) is 0 Å². The maximum atomic E-state index is 13.0. The maximum absolute atomic E-state index is 13.0. The average Bonchev–Trinajstić information content (AvgIpc) is 2.96. The number of para-hydroxylation sites is 1. The fourth-order valence-electron chi connectivity index (χ4n) is 3.55. The zero-order valence-corrected chi connectivity index (χ0v) is 14.5. The Morgan fingerprint density at radius 1 is 1.16 bits per heavy atom. The Hall–Kier alpha value is -2.69. The predicted molar refractivity (Wildman–Crippen MR) is 97.6 cm³/mol. The minimum Gasteiger partial charge on any atom is -0.486 e. The first kappa shape index (κ1) is 15.8. The lowest BCUT2D eigenvalue weighted by Gasteiger charge is -2.27. The minimum absolute atomic E-state index is 0.0762. The molecule has 5 heteroatoms. The van der Waals surface area contributed by atoms with Gasteiger partial charge in [0.05, 0.1) is 0 Å². The number of anilines is 2. The molecule has 0 spiro atoms. The lowest BCUT2D eigenvalue weighted by Crippen LogP contribution is -2.44. The van der Waals surface area contributed by atoms with E-state index in [1.54, 1.807) is 0 Å². The summed E-state index contributed by atoms with van der Waals surface area (Å²) in [4.78, 5) is 14.9. The number of carbonyl (C=O) groups excluding carboxylic acids is 1. The first-order chi connectivity index (χ1) is 12.1. The second-order valence-corrected chi connectivity index (χ2v) is 6.61. The summed E-state index contributed by atoms with van der Waals surface area (Å²) in [7, 11) is 0. The average molecular weight is 338 g/mol. The van der Waals surface area contributed by atoms with Gasteiger partial charge < -0.3 is 19.7 Å². The molecule has 5 nitrogen and oxygen atoms in total. The standard InChI is InChI=1S/C20H22N2O3/c1-13-11-15-5-3-4-6-17(15)22(13)20(23)14(2)21-16-7-8-18-19(12-16)25-10-9-24-18/h3-8,12-14,21H,9-11H2,1-2H3/t13-,14-/m1/s1. The second-order valence-electron chi connectivity index (χ2n) is 6.61. The van der Waals surface area contributed by atoms with Gasteiger partial charge in [-0.2, -0.15) is 0 Å². The zero-order valence-electron chi connectivity index (χ0n) is 14.5. The Morgan fingerprint density at radius 2 is 1.92 bits per heavy atom. The van der Waals surface area contributed by atoms with Gasteiger partial charge in [0, 0.05) is 23.5 Å². The van der Waals surface area contributed by atoms with Crippen LogP contribution in [0.4, 0.5) is 11.4 Å². The van der Waals surface area contributed by atoms with Crippen molar-refractivity contribution in [1.82, 2.24) is 0 Å². The van der Waals surface area contributed by atoms with Crippen LogP contribution in [0.1, 0.15) is 19.4 Å². The second kappa shape index (κ2) is 6.31. The summed E-state index contributed by atoms with van der Waals surface area (Å²) in [6.45, 7) is 5.11. The van der Waals surface area contributed by atoms with Gasteiger partial charge in [0.25, 0.3) is 0 Å². The van der Waals surface area contributed by atoms with Crippen LogP contribution in [0.2, 0.25) is 0 Å². The highest BCUT2D eigenvalue weighted by atomic mass is 16.6. The van der Waals surface area contributed by atoms with E-state index < -0.39 is 0 Å². The molecule has 1 amide bonds. The van der Waals surface area contributed by atoms with Crippen molar-refractivity contribution in [2.24, 2.45) is 0 Å². The number of amides is 1. The van der Waals surface area contributed by atoms with E-state index >= 15 is 0 Å². The van der Waals surface area contributed by atoms with Crippen LogP contribution in [0, 0.1) is 0 Å².